The van der Waals surface area contributed by atoms with Gasteiger partial charge in [-0.15, -0.1) is 6.58 Å². The molecular formula is C8H10Cl2O2. The van der Waals surface area contributed by atoms with Crippen LogP contribution in [0.2, 0.25) is 0 Å². The molecule has 0 saturated heterocycles. The summed E-state index contributed by atoms with van der Waals surface area (Å²) in [5, 5.41) is -0.827. The van der Waals surface area contributed by atoms with Gasteiger partial charge in [0.25, 0.3) is 0 Å². The molecule has 0 aromatic heterocycles. The molecule has 68 valence electrons. The Kier molecular flexibility index (Phi) is 6.03. The first-order chi connectivity index (χ1) is 5.57. The third kappa shape index (κ3) is 5.33. The molecule has 0 aromatic carbocycles. The molecule has 0 saturated carbocycles. The molecular weight excluding hydrogens is 199 g/mol. The van der Waals surface area contributed by atoms with Crippen LogP contribution in [0.15, 0.2) is 12.7 Å². The molecule has 12 heavy (non-hydrogen) atoms. The third-order valence-corrected chi connectivity index (χ3v) is 1.93. The maximum absolute atomic E-state index is 10.6. The van der Waals surface area contributed by atoms with E-state index in [1.54, 1.807) is 0 Å². The summed E-state index contributed by atoms with van der Waals surface area (Å²) < 4.78 is 0. The van der Waals surface area contributed by atoms with Gasteiger partial charge in [-0.3, -0.25) is 9.59 Å². The first-order valence-electron chi connectivity index (χ1n) is 3.58. The zero-order chi connectivity index (χ0) is 9.56. The zero-order valence-corrected chi connectivity index (χ0v) is 8.07. The van der Waals surface area contributed by atoms with Crippen LogP contribution < -0.4 is 0 Å². The van der Waals surface area contributed by atoms with Gasteiger partial charge < -0.3 is 0 Å². The molecule has 0 radical (unpaired) electrons. The van der Waals surface area contributed by atoms with Crippen LogP contribution in [-0.2, 0) is 9.59 Å². The fourth-order valence-electron chi connectivity index (χ4n) is 0.785. The van der Waals surface area contributed by atoms with Crippen LogP contribution in [0.5, 0.6) is 0 Å². The van der Waals surface area contributed by atoms with Crippen molar-refractivity contribution in [1.29, 1.82) is 0 Å². The average Bonchev–Trinajstić information content (AvgIpc) is 1.96. The zero-order valence-electron chi connectivity index (χ0n) is 6.56. The van der Waals surface area contributed by atoms with Gasteiger partial charge in [-0.2, -0.15) is 0 Å². The number of hydrogen-bond donors (Lipinski definition) is 0. The lowest BCUT2D eigenvalue weighted by Crippen LogP contribution is -2.05. The second-order valence-corrected chi connectivity index (χ2v) is 3.19. The van der Waals surface area contributed by atoms with Crippen LogP contribution in [0.3, 0.4) is 0 Å². The minimum absolute atomic E-state index is 0.274. The topological polar surface area (TPSA) is 34.1 Å². The van der Waals surface area contributed by atoms with E-state index in [1.165, 1.54) is 6.08 Å². The van der Waals surface area contributed by atoms with Crippen molar-refractivity contribution in [2.45, 2.75) is 19.3 Å². The molecule has 0 aliphatic carbocycles. The van der Waals surface area contributed by atoms with Crippen LogP contribution in [0.4, 0.5) is 0 Å². The third-order valence-electron chi connectivity index (χ3n) is 1.46. The lowest BCUT2D eigenvalue weighted by molar-refractivity contribution is -0.115. The Morgan fingerprint density at radius 2 is 2.00 bits per heavy atom. The van der Waals surface area contributed by atoms with E-state index < -0.39 is 5.24 Å². The van der Waals surface area contributed by atoms with E-state index in [2.05, 4.69) is 6.58 Å². The largest absolute Gasteiger partial charge is 0.281 e. The molecule has 0 bridgehead atoms. The summed E-state index contributed by atoms with van der Waals surface area (Å²) in [6, 6.07) is 0. The molecule has 1 unspecified atom stereocenters. The fourth-order valence-corrected chi connectivity index (χ4v) is 1.12. The number of carbonyl (C=O) groups excluding carboxylic acids is 2. The Hall–Kier alpha value is -0.340. The van der Waals surface area contributed by atoms with E-state index in [0.29, 0.717) is 12.8 Å². The van der Waals surface area contributed by atoms with Crippen LogP contribution in [-0.4, -0.2) is 10.5 Å². The molecule has 0 amide bonds. The molecule has 0 aliphatic rings. The van der Waals surface area contributed by atoms with Gasteiger partial charge in [0.05, 0.1) is 5.92 Å². The number of allylic oxidation sites excluding steroid dienone is 1. The van der Waals surface area contributed by atoms with Gasteiger partial charge in [-0.05, 0) is 36.0 Å². The number of rotatable bonds is 6. The Morgan fingerprint density at radius 3 is 2.33 bits per heavy atom. The minimum atomic E-state index is -0.438. The van der Waals surface area contributed by atoms with Gasteiger partial charge in [-0.25, -0.2) is 0 Å². The Bertz CT molecular complexity index is 189. The van der Waals surface area contributed by atoms with Crippen molar-refractivity contribution in [3.63, 3.8) is 0 Å². The van der Waals surface area contributed by atoms with Gasteiger partial charge in [-0.1, -0.05) is 6.08 Å². The molecule has 0 fully saturated rings. The highest BCUT2D eigenvalue weighted by molar-refractivity contribution is 6.64. The van der Waals surface area contributed by atoms with Crippen LogP contribution in [0.25, 0.3) is 0 Å². The average molecular weight is 209 g/mol. The van der Waals surface area contributed by atoms with E-state index in [4.69, 9.17) is 23.2 Å². The molecule has 0 heterocycles. The smallest absolute Gasteiger partial charge is 0.228 e. The predicted octanol–water partition coefficient (Wildman–Crippen LogP) is 2.49. The molecule has 1 atom stereocenters. The Balaban J connectivity index is 3.66. The monoisotopic (exact) mass is 208 g/mol. The van der Waals surface area contributed by atoms with Gasteiger partial charge in [0.1, 0.15) is 0 Å². The summed E-state index contributed by atoms with van der Waals surface area (Å²) in [7, 11) is 0. The lowest BCUT2D eigenvalue weighted by Gasteiger charge is -2.04. The summed E-state index contributed by atoms with van der Waals surface area (Å²) >= 11 is 10.3. The summed E-state index contributed by atoms with van der Waals surface area (Å²) in [5.74, 6) is -0.359. The fraction of sp³-hybridized carbons (Fsp3) is 0.500. The normalized spacial score (nSPS) is 12.2. The van der Waals surface area contributed by atoms with Crippen LogP contribution in [0, 0.1) is 5.92 Å². The molecule has 0 N–H and O–H groups in total. The maximum Gasteiger partial charge on any atom is 0.228 e. The number of halogens is 2. The highest BCUT2D eigenvalue weighted by Crippen LogP contribution is 2.13. The van der Waals surface area contributed by atoms with E-state index >= 15 is 0 Å². The van der Waals surface area contributed by atoms with Crippen molar-refractivity contribution in [3.8, 4) is 0 Å². The van der Waals surface area contributed by atoms with Crippen LogP contribution in [0.1, 0.15) is 19.3 Å². The first-order valence-corrected chi connectivity index (χ1v) is 4.33. The molecule has 2 nitrogen and oxygen atoms in total. The standard InChI is InChI=1S/C8H10Cl2O2/c1-2-6(8(10)12)4-3-5-7(9)11/h2,6H,1,3-5H2. The Morgan fingerprint density at radius 1 is 1.42 bits per heavy atom. The highest BCUT2D eigenvalue weighted by atomic mass is 35.5. The van der Waals surface area contributed by atoms with Gasteiger partial charge in [0.15, 0.2) is 0 Å². The van der Waals surface area contributed by atoms with Crippen molar-refractivity contribution >= 4 is 33.7 Å². The number of carbonyl (C=O) groups is 2. The van der Waals surface area contributed by atoms with Crippen molar-refractivity contribution < 1.29 is 9.59 Å². The summed E-state index contributed by atoms with van der Waals surface area (Å²) in [5.41, 5.74) is 0. The van der Waals surface area contributed by atoms with Gasteiger partial charge in [0, 0.05) is 6.42 Å². The first kappa shape index (κ1) is 11.7. The van der Waals surface area contributed by atoms with Crippen LogP contribution >= 0.6 is 23.2 Å². The summed E-state index contributed by atoms with van der Waals surface area (Å²) in [6.07, 6.45) is 2.85. The lowest BCUT2D eigenvalue weighted by atomic mass is 10.0. The van der Waals surface area contributed by atoms with E-state index in [9.17, 15) is 9.59 Å². The molecule has 4 heteroatoms. The number of hydrogen-bond acceptors (Lipinski definition) is 2. The van der Waals surface area contributed by atoms with E-state index in [-0.39, 0.29) is 17.6 Å². The second kappa shape index (κ2) is 6.21. The Labute approximate surface area is 81.5 Å². The van der Waals surface area contributed by atoms with E-state index in [0.717, 1.165) is 0 Å². The quantitative estimate of drug-likeness (QED) is 0.497. The summed E-state index contributed by atoms with van der Waals surface area (Å²) in [4.78, 5) is 20.9. The predicted molar refractivity (Wildman–Crippen MR) is 49.3 cm³/mol. The minimum Gasteiger partial charge on any atom is -0.281 e. The van der Waals surface area contributed by atoms with Crippen molar-refractivity contribution in [2.75, 3.05) is 0 Å². The van der Waals surface area contributed by atoms with Crippen molar-refractivity contribution in [3.05, 3.63) is 12.7 Å². The van der Waals surface area contributed by atoms with E-state index in [1.807, 2.05) is 0 Å². The molecule has 0 rings (SSSR count). The summed E-state index contributed by atoms with van der Waals surface area (Å²) in [6.45, 7) is 3.46. The molecule has 0 aromatic rings. The SMILES string of the molecule is C=CC(CCCC(=O)Cl)C(=O)Cl. The van der Waals surface area contributed by atoms with Gasteiger partial charge >= 0.3 is 0 Å². The maximum atomic E-state index is 10.6. The van der Waals surface area contributed by atoms with Crippen molar-refractivity contribution in [1.82, 2.24) is 0 Å². The molecule has 0 spiro atoms. The van der Waals surface area contributed by atoms with Gasteiger partial charge in [0.2, 0.25) is 10.5 Å². The highest BCUT2D eigenvalue weighted by Gasteiger charge is 2.11. The second-order valence-electron chi connectivity index (χ2n) is 2.39. The molecule has 0 aliphatic heterocycles. The van der Waals surface area contributed by atoms with Crippen molar-refractivity contribution in [2.24, 2.45) is 5.92 Å².